The van der Waals surface area contributed by atoms with Crippen LogP contribution in [0.2, 0.25) is 0 Å². The first-order valence-corrected chi connectivity index (χ1v) is 9.75. The molecule has 0 atom stereocenters. The predicted octanol–water partition coefficient (Wildman–Crippen LogP) is 2.77. The summed E-state index contributed by atoms with van der Waals surface area (Å²) in [5, 5.41) is 0. The number of carbonyl (C=O) groups excluding carboxylic acids is 1. The highest BCUT2D eigenvalue weighted by Gasteiger charge is 2.33. The first kappa shape index (κ1) is 17.2. The molecule has 0 aromatic rings. The number of carbonyl (C=O) groups is 1. The molecule has 0 aromatic carbocycles. The van der Waals surface area contributed by atoms with E-state index in [1.165, 1.54) is 12.8 Å². The second kappa shape index (κ2) is 7.98. The lowest BCUT2D eigenvalue weighted by molar-refractivity contribution is -0.138. The molecular weight excluding hydrogens is 288 g/mol. The van der Waals surface area contributed by atoms with Crippen molar-refractivity contribution in [1.82, 2.24) is 9.80 Å². The van der Waals surface area contributed by atoms with Gasteiger partial charge < -0.3 is 9.64 Å². The predicted molar refractivity (Wildman–Crippen MR) is 92.3 cm³/mol. The summed E-state index contributed by atoms with van der Waals surface area (Å²) in [6.07, 6.45) is 7.02. The summed E-state index contributed by atoms with van der Waals surface area (Å²) in [7, 11) is 0. The van der Waals surface area contributed by atoms with Gasteiger partial charge in [0.15, 0.2) is 0 Å². The molecule has 23 heavy (non-hydrogen) atoms. The van der Waals surface area contributed by atoms with Crippen molar-refractivity contribution >= 4 is 5.91 Å². The Morgan fingerprint density at radius 3 is 2.09 bits per heavy atom. The third-order valence-electron chi connectivity index (χ3n) is 6.40. The molecule has 0 N–H and O–H groups in total. The van der Waals surface area contributed by atoms with Crippen LogP contribution in [-0.4, -0.2) is 61.1 Å². The number of nitrogens with zero attached hydrogens (tertiary/aromatic N) is 2. The number of likely N-dealkylation sites (tertiary alicyclic amines) is 1. The molecular formula is C19H34N2O2. The molecule has 4 heteroatoms. The average Bonchev–Trinajstić information content (AvgIpc) is 2.62. The molecule has 1 saturated carbocycles. The van der Waals surface area contributed by atoms with Crippen LogP contribution in [-0.2, 0) is 9.53 Å². The van der Waals surface area contributed by atoms with Gasteiger partial charge in [-0.2, -0.15) is 0 Å². The number of hydrogen-bond acceptors (Lipinski definition) is 3. The molecule has 2 aliphatic heterocycles. The number of hydrogen-bond donors (Lipinski definition) is 0. The molecule has 0 spiro atoms. The highest BCUT2D eigenvalue weighted by atomic mass is 16.5. The fourth-order valence-electron chi connectivity index (χ4n) is 4.69. The fraction of sp³-hybridized carbons (Fsp3) is 0.947. The normalized spacial score (nSPS) is 31.5. The molecule has 2 saturated heterocycles. The Morgan fingerprint density at radius 1 is 0.913 bits per heavy atom. The number of ether oxygens (including phenoxy) is 1. The molecule has 3 rings (SSSR count). The van der Waals surface area contributed by atoms with Crippen LogP contribution in [0.1, 0.15) is 52.4 Å². The van der Waals surface area contributed by atoms with Gasteiger partial charge in [-0.1, -0.05) is 13.8 Å². The van der Waals surface area contributed by atoms with E-state index in [0.717, 1.165) is 76.9 Å². The molecule has 0 aromatic heterocycles. The van der Waals surface area contributed by atoms with E-state index in [1.54, 1.807) is 0 Å². The van der Waals surface area contributed by atoms with Gasteiger partial charge in [-0.3, -0.25) is 9.69 Å². The standard InChI is InChI=1S/C19H34N2O2/c1-15(2)16-3-5-17(6-4-16)19(22)21-9-7-18(8-10-21)20-11-13-23-14-12-20/h15-18H,3-14H2,1-2H3. The zero-order valence-corrected chi connectivity index (χ0v) is 15.0. The smallest absolute Gasteiger partial charge is 0.225 e. The molecule has 3 fully saturated rings. The Balaban J connectivity index is 1.43. The van der Waals surface area contributed by atoms with E-state index in [9.17, 15) is 4.79 Å². The van der Waals surface area contributed by atoms with Crippen molar-refractivity contribution < 1.29 is 9.53 Å². The summed E-state index contributed by atoms with van der Waals surface area (Å²) < 4.78 is 5.45. The maximum absolute atomic E-state index is 12.8. The molecule has 0 radical (unpaired) electrons. The summed E-state index contributed by atoms with van der Waals surface area (Å²) >= 11 is 0. The zero-order valence-electron chi connectivity index (χ0n) is 15.0. The minimum absolute atomic E-state index is 0.310. The van der Waals surface area contributed by atoms with E-state index in [0.29, 0.717) is 17.9 Å². The topological polar surface area (TPSA) is 32.8 Å². The largest absolute Gasteiger partial charge is 0.379 e. The van der Waals surface area contributed by atoms with E-state index in [-0.39, 0.29) is 0 Å². The van der Waals surface area contributed by atoms with Crippen molar-refractivity contribution in [1.29, 1.82) is 0 Å². The highest BCUT2D eigenvalue weighted by Crippen LogP contribution is 2.34. The second-order valence-electron chi connectivity index (χ2n) is 8.06. The lowest BCUT2D eigenvalue weighted by Gasteiger charge is -2.41. The fourth-order valence-corrected chi connectivity index (χ4v) is 4.69. The monoisotopic (exact) mass is 322 g/mol. The SMILES string of the molecule is CC(C)C1CCC(C(=O)N2CCC(N3CCOCC3)CC2)CC1. The Hall–Kier alpha value is -0.610. The summed E-state index contributed by atoms with van der Waals surface area (Å²) in [5.74, 6) is 2.37. The van der Waals surface area contributed by atoms with Crippen molar-refractivity contribution in [2.24, 2.45) is 17.8 Å². The van der Waals surface area contributed by atoms with Crippen LogP contribution in [0.5, 0.6) is 0 Å². The Bertz CT molecular complexity index is 377. The maximum atomic E-state index is 12.8. The van der Waals surface area contributed by atoms with E-state index in [2.05, 4.69) is 23.6 Å². The molecule has 0 unspecified atom stereocenters. The van der Waals surface area contributed by atoms with Crippen LogP contribution in [0.4, 0.5) is 0 Å². The van der Waals surface area contributed by atoms with Gasteiger partial charge in [0, 0.05) is 38.1 Å². The molecule has 132 valence electrons. The van der Waals surface area contributed by atoms with E-state index < -0.39 is 0 Å². The molecule has 4 nitrogen and oxygen atoms in total. The Kier molecular flexibility index (Phi) is 5.97. The van der Waals surface area contributed by atoms with Gasteiger partial charge in [0.1, 0.15) is 0 Å². The number of morpholine rings is 1. The molecule has 2 heterocycles. The second-order valence-corrected chi connectivity index (χ2v) is 8.06. The van der Waals surface area contributed by atoms with Crippen LogP contribution in [0.3, 0.4) is 0 Å². The third kappa shape index (κ3) is 4.27. The van der Waals surface area contributed by atoms with Gasteiger partial charge in [0.05, 0.1) is 13.2 Å². The summed E-state index contributed by atoms with van der Waals surface area (Å²) in [6, 6.07) is 0.666. The minimum Gasteiger partial charge on any atom is -0.379 e. The molecule has 3 aliphatic rings. The van der Waals surface area contributed by atoms with Gasteiger partial charge in [-0.05, 0) is 50.4 Å². The van der Waals surface area contributed by atoms with Gasteiger partial charge in [-0.25, -0.2) is 0 Å². The van der Waals surface area contributed by atoms with E-state index in [4.69, 9.17) is 4.74 Å². The maximum Gasteiger partial charge on any atom is 0.225 e. The molecule has 1 amide bonds. The first-order chi connectivity index (χ1) is 11.1. The third-order valence-corrected chi connectivity index (χ3v) is 6.40. The van der Waals surface area contributed by atoms with Crippen molar-refractivity contribution in [3.8, 4) is 0 Å². The minimum atomic E-state index is 0.310. The quantitative estimate of drug-likeness (QED) is 0.801. The van der Waals surface area contributed by atoms with Crippen LogP contribution in [0.15, 0.2) is 0 Å². The summed E-state index contributed by atoms with van der Waals surface area (Å²) in [4.78, 5) is 17.5. The van der Waals surface area contributed by atoms with Crippen LogP contribution in [0, 0.1) is 17.8 Å². The van der Waals surface area contributed by atoms with Crippen LogP contribution in [0.25, 0.3) is 0 Å². The molecule has 0 bridgehead atoms. The Morgan fingerprint density at radius 2 is 1.52 bits per heavy atom. The summed E-state index contributed by atoms with van der Waals surface area (Å²) in [5.41, 5.74) is 0. The van der Waals surface area contributed by atoms with Gasteiger partial charge in [0.25, 0.3) is 0 Å². The van der Waals surface area contributed by atoms with Crippen LogP contribution >= 0.6 is 0 Å². The van der Waals surface area contributed by atoms with E-state index in [1.807, 2.05) is 0 Å². The lowest BCUT2D eigenvalue weighted by Crippen LogP contribution is -2.51. The van der Waals surface area contributed by atoms with E-state index >= 15 is 0 Å². The highest BCUT2D eigenvalue weighted by molar-refractivity contribution is 5.79. The lowest BCUT2D eigenvalue weighted by atomic mass is 9.76. The zero-order chi connectivity index (χ0) is 16.2. The van der Waals surface area contributed by atoms with Crippen molar-refractivity contribution in [3.05, 3.63) is 0 Å². The van der Waals surface area contributed by atoms with Gasteiger partial charge >= 0.3 is 0 Å². The number of amides is 1. The Labute approximate surface area is 141 Å². The molecule has 1 aliphatic carbocycles. The van der Waals surface area contributed by atoms with Crippen molar-refractivity contribution in [2.75, 3.05) is 39.4 Å². The van der Waals surface area contributed by atoms with Gasteiger partial charge in [0.2, 0.25) is 5.91 Å². The number of piperidine rings is 1. The average molecular weight is 322 g/mol. The first-order valence-electron chi connectivity index (χ1n) is 9.75. The van der Waals surface area contributed by atoms with Crippen molar-refractivity contribution in [2.45, 2.75) is 58.4 Å². The van der Waals surface area contributed by atoms with Crippen molar-refractivity contribution in [3.63, 3.8) is 0 Å². The van der Waals surface area contributed by atoms with Gasteiger partial charge in [-0.15, -0.1) is 0 Å². The summed E-state index contributed by atoms with van der Waals surface area (Å²) in [6.45, 7) is 10.5. The number of rotatable bonds is 3. The van der Waals surface area contributed by atoms with Crippen LogP contribution < -0.4 is 0 Å².